The van der Waals surface area contributed by atoms with Crippen LogP contribution in [0.1, 0.15) is 42.9 Å². The molecule has 7 heteroatoms. The van der Waals surface area contributed by atoms with Crippen LogP contribution >= 0.6 is 0 Å². The first-order valence-corrected chi connectivity index (χ1v) is 12.7. The fourth-order valence-electron chi connectivity index (χ4n) is 5.50. The van der Waals surface area contributed by atoms with Crippen LogP contribution in [0.25, 0.3) is 0 Å². The first-order chi connectivity index (χ1) is 15.1. The van der Waals surface area contributed by atoms with Crippen molar-refractivity contribution in [2.24, 2.45) is 0 Å². The molecular weight excluding hydrogens is 410 g/mol. The molecule has 0 radical (unpaired) electrons. The van der Waals surface area contributed by atoms with Crippen molar-refractivity contribution in [3.8, 4) is 5.75 Å². The summed E-state index contributed by atoms with van der Waals surface area (Å²) in [5, 5.41) is 0. The molecule has 162 valence electrons. The van der Waals surface area contributed by atoms with Gasteiger partial charge in [0.15, 0.2) is 0 Å². The lowest BCUT2D eigenvalue weighted by Crippen LogP contribution is -2.45. The van der Waals surface area contributed by atoms with Crippen molar-refractivity contribution in [2.75, 3.05) is 30.5 Å². The van der Waals surface area contributed by atoms with E-state index in [4.69, 9.17) is 4.74 Å². The molecule has 2 aromatic rings. The molecule has 0 N–H and O–H groups in total. The van der Waals surface area contributed by atoms with Crippen LogP contribution in [0, 0.1) is 0 Å². The van der Waals surface area contributed by atoms with Crippen LogP contribution in [0.15, 0.2) is 53.1 Å². The second-order valence-corrected chi connectivity index (χ2v) is 10.8. The van der Waals surface area contributed by atoms with Gasteiger partial charge in [-0.05, 0) is 63.0 Å². The predicted molar refractivity (Wildman–Crippen MR) is 119 cm³/mol. The van der Waals surface area contributed by atoms with Crippen molar-refractivity contribution in [3.05, 3.63) is 59.4 Å². The Kier molecular flexibility index (Phi) is 4.58. The molecule has 1 aliphatic carbocycles. The summed E-state index contributed by atoms with van der Waals surface area (Å²) in [4.78, 5) is 7.59. The van der Waals surface area contributed by atoms with Crippen LogP contribution in [-0.2, 0) is 16.4 Å². The van der Waals surface area contributed by atoms with E-state index in [1.165, 1.54) is 25.1 Å². The van der Waals surface area contributed by atoms with Gasteiger partial charge >= 0.3 is 0 Å². The second kappa shape index (κ2) is 7.35. The Balaban J connectivity index is 1.34. The van der Waals surface area contributed by atoms with Gasteiger partial charge in [-0.15, -0.1) is 0 Å². The Labute approximate surface area is 183 Å². The number of sulfonamides is 1. The molecule has 1 aromatic carbocycles. The van der Waals surface area contributed by atoms with Crippen LogP contribution in [0.2, 0.25) is 0 Å². The van der Waals surface area contributed by atoms with Crippen molar-refractivity contribution >= 4 is 15.7 Å². The molecule has 2 unspecified atom stereocenters. The summed E-state index contributed by atoms with van der Waals surface area (Å²) < 4.78 is 34.8. The van der Waals surface area contributed by atoms with E-state index >= 15 is 0 Å². The average molecular weight is 438 g/mol. The van der Waals surface area contributed by atoms with Gasteiger partial charge in [0.25, 0.3) is 10.0 Å². The maximum absolute atomic E-state index is 13.8. The Bertz CT molecular complexity index is 1160. The van der Waals surface area contributed by atoms with E-state index in [1.54, 1.807) is 22.6 Å². The standard InChI is InChI=1S/C24H27N3O3S/c28-31(29,23-6-1-5-22-19(23)11-15-30-22)27-16-20(24-21(27)4-2-12-25-24)17-7-9-18(10-8-17)26-13-3-14-26/h1-2,4-7,12,18,20H,3,8-11,13-16H2. The van der Waals surface area contributed by atoms with Crippen molar-refractivity contribution in [3.63, 3.8) is 0 Å². The number of likely N-dealkylation sites (tertiary alicyclic amines) is 1. The Morgan fingerprint density at radius 2 is 2.00 bits per heavy atom. The highest BCUT2D eigenvalue weighted by Gasteiger charge is 2.41. The molecule has 0 amide bonds. The van der Waals surface area contributed by atoms with Gasteiger partial charge in [-0.1, -0.05) is 17.7 Å². The smallest absolute Gasteiger partial charge is 0.264 e. The van der Waals surface area contributed by atoms with Gasteiger partial charge in [0.1, 0.15) is 5.75 Å². The molecule has 1 aromatic heterocycles. The minimum absolute atomic E-state index is 0.0383. The van der Waals surface area contributed by atoms with Gasteiger partial charge in [0.2, 0.25) is 0 Å². The van der Waals surface area contributed by atoms with Crippen LogP contribution in [0.5, 0.6) is 5.75 Å². The lowest BCUT2D eigenvalue weighted by Gasteiger charge is -2.40. The van der Waals surface area contributed by atoms with Gasteiger partial charge in [-0.25, -0.2) is 8.42 Å². The molecule has 0 bridgehead atoms. The number of aromatic nitrogens is 1. The third-order valence-electron chi connectivity index (χ3n) is 7.30. The highest BCUT2D eigenvalue weighted by Crippen LogP contribution is 2.45. The number of pyridine rings is 1. The van der Waals surface area contributed by atoms with Crippen LogP contribution in [0.3, 0.4) is 0 Å². The first kappa shape index (κ1) is 19.3. The minimum Gasteiger partial charge on any atom is -0.493 e. The fraction of sp³-hybridized carbons (Fsp3) is 0.458. The molecular formula is C24H27N3O3S. The zero-order chi connectivity index (χ0) is 21.0. The molecule has 4 aliphatic rings. The molecule has 2 atom stereocenters. The summed E-state index contributed by atoms with van der Waals surface area (Å²) in [6.45, 7) is 3.41. The SMILES string of the molecule is O=S(=O)(c1cccc2c1CCO2)N1CC(C2=CCC(N3CCC3)CC2)c2ncccc21. The normalized spacial score (nSPS) is 25.4. The predicted octanol–water partition coefficient (Wildman–Crippen LogP) is 3.49. The molecule has 6 rings (SSSR count). The number of rotatable bonds is 4. The lowest BCUT2D eigenvalue weighted by molar-refractivity contribution is 0.109. The topological polar surface area (TPSA) is 62.7 Å². The maximum atomic E-state index is 13.8. The Morgan fingerprint density at radius 1 is 1.10 bits per heavy atom. The summed E-state index contributed by atoms with van der Waals surface area (Å²) in [5.74, 6) is 0.728. The van der Waals surface area contributed by atoms with E-state index < -0.39 is 10.0 Å². The van der Waals surface area contributed by atoms with Gasteiger partial charge in [0.05, 0.1) is 22.9 Å². The summed E-state index contributed by atoms with van der Waals surface area (Å²) in [6, 6.07) is 9.71. The van der Waals surface area contributed by atoms with Crippen LogP contribution in [0.4, 0.5) is 5.69 Å². The first-order valence-electron chi connectivity index (χ1n) is 11.3. The second-order valence-electron chi connectivity index (χ2n) is 8.92. The number of ether oxygens (including phenoxy) is 1. The van der Waals surface area contributed by atoms with E-state index in [9.17, 15) is 8.42 Å². The van der Waals surface area contributed by atoms with Crippen molar-refractivity contribution in [1.29, 1.82) is 0 Å². The van der Waals surface area contributed by atoms with E-state index in [1.807, 2.05) is 18.2 Å². The highest BCUT2D eigenvalue weighted by atomic mass is 32.2. The highest BCUT2D eigenvalue weighted by molar-refractivity contribution is 7.93. The number of benzene rings is 1. The number of hydrogen-bond donors (Lipinski definition) is 0. The summed E-state index contributed by atoms with van der Waals surface area (Å²) in [6.07, 6.45) is 9.32. The van der Waals surface area contributed by atoms with Crippen molar-refractivity contribution in [2.45, 2.75) is 49.0 Å². The Morgan fingerprint density at radius 3 is 2.77 bits per heavy atom. The summed E-state index contributed by atoms with van der Waals surface area (Å²) in [7, 11) is -3.69. The quantitative estimate of drug-likeness (QED) is 0.685. The largest absolute Gasteiger partial charge is 0.493 e. The maximum Gasteiger partial charge on any atom is 0.264 e. The van der Waals surface area contributed by atoms with Gasteiger partial charge in [-0.3, -0.25) is 14.2 Å². The zero-order valence-corrected chi connectivity index (χ0v) is 18.4. The monoisotopic (exact) mass is 437 g/mol. The molecule has 0 saturated carbocycles. The number of nitrogens with zero attached hydrogens (tertiary/aromatic N) is 3. The third-order valence-corrected chi connectivity index (χ3v) is 9.17. The van der Waals surface area contributed by atoms with E-state index in [2.05, 4.69) is 16.0 Å². The van der Waals surface area contributed by atoms with Gasteiger partial charge < -0.3 is 4.74 Å². The molecule has 1 fully saturated rings. The average Bonchev–Trinajstić information content (AvgIpc) is 3.38. The molecule has 6 nitrogen and oxygen atoms in total. The number of fused-ring (bicyclic) bond motifs is 2. The van der Waals surface area contributed by atoms with E-state index in [0.29, 0.717) is 36.3 Å². The summed E-state index contributed by atoms with van der Waals surface area (Å²) in [5.41, 5.74) is 3.75. The number of anilines is 1. The molecule has 1 saturated heterocycles. The van der Waals surface area contributed by atoms with Crippen molar-refractivity contribution in [1.82, 2.24) is 9.88 Å². The molecule has 4 heterocycles. The number of hydrogen-bond acceptors (Lipinski definition) is 5. The minimum atomic E-state index is -3.69. The van der Waals surface area contributed by atoms with Crippen molar-refractivity contribution < 1.29 is 13.2 Å². The third kappa shape index (κ3) is 3.09. The Hall–Kier alpha value is -2.38. The van der Waals surface area contributed by atoms with E-state index in [-0.39, 0.29) is 5.92 Å². The fourth-order valence-corrected chi connectivity index (χ4v) is 7.27. The molecule has 3 aliphatic heterocycles. The van der Waals surface area contributed by atoms with Crippen LogP contribution in [-0.4, -0.2) is 50.6 Å². The lowest BCUT2D eigenvalue weighted by atomic mass is 9.85. The molecule has 0 spiro atoms. The van der Waals surface area contributed by atoms with Gasteiger partial charge in [-0.2, -0.15) is 0 Å². The zero-order valence-electron chi connectivity index (χ0n) is 17.5. The van der Waals surface area contributed by atoms with Gasteiger partial charge in [0, 0.05) is 36.7 Å². The van der Waals surface area contributed by atoms with E-state index in [0.717, 1.165) is 36.2 Å². The molecule has 31 heavy (non-hydrogen) atoms. The van der Waals surface area contributed by atoms with Crippen LogP contribution < -0.4 is 9.04 Å². The summed E-state index contributed by atoms with van der Waals surface area (Å²) >= 11 is 0.